The van der Waals surface area contributed by atoms with E-state index in [-0.39, 0.29) is 11.5 Å². The van der Waals surface area contributed by atoms with Gasteiger partial charge in [-0.25, -0.2) is 9.38 Å². The van der Waals surface area contributed by atoms with E-state index in [1.165, 1.54) is 5.57 Å². The minimum absolute atomic E-state index is 0.00919. The number of aliphatic imine (C=N–C) groups is 1. The van der Waals surface area contributed by atoms with Gasteiger partial charge in [0.05, 0.1) is 12.6 Å². The normalized spacial score (nSPS) is 31.8. The molecule has 3 rings (SSSR count). The number of hydrogen-bond acceptors (Lipinski definition) is 2. The Kier molecular flexibility index (Phi) is 4.75. The molecule has 2 fully saturated rings. The van der Waals surface area contributed by atoms with Crippen molar-refractivity contribution in [1.29, 1.82) is 0 Å². The zero-order chi connectivity index (χ0) is 17.3. The third kappa shape index (κ3) is 3.24. The predicted molar refractivity (Wildman–Crippen MR) is 99.1 cm³/mol. The Bertz CT molecular complexity index is 612. The molecule has 1 saturated carbocycles. The van der Waals surface area contributed by atoms with Crippen molar-refractivity contribution < 1.29 is 4.39 Å². The molecule has 0 amide bonds. The maximum atomic E-state index is 14.1. The van der Waals surface area contributed by atoms with Crippen molar-refractivity contribution in [3.05, 3.63) is 36.0 Å². The summed E-state index contributed by atoms with van der Waals surface area (Å²) in [5, 5.41) is 6.54. The fraction of sp³-hybridized carbons (Fsp3) is 0.600. The van der Waals surface area contributed by atoms with Crippen LogP contribution >= 0.6 is 0 Å². The highest BCUT2D eigenvalue weighted by atomic mass is 19.1. The van der Waals surface area contributed by atoms with Gasteiger partial charge < -0.3 is 0 Å². The van der Waals surface area contributed by atoms with Crippen molar-refractivity contribution in [3.8, 4) is 0 Å². The van der Waals surface area contributed by atoms with Gasteiger partial charge in [-0.3, -0.25) is 5.01 Å². The van der Waals surface area contributed by atoms with E-state index in [4.69, 9.17) is 0 Å². The molecule has 1 heterocycles. The second kappa shape index (κ2) is 6.66. The molecule has 0 radical (unpaired) electrons. The van der Waals surface area contributed by atoms with Crippen LogP contribution in [0.3, 0.4) is 0 Å². The Morgan fingerprint density at radius 2 is 2.21 bits per heavy atom. The van der Waals surface area contributed by atoms with Gasteiger partial charge >= 0.3 is 0 Å². The van der Waals surface area contributed by atoms with E-state index < -0.39 is 6.17 Å². The molecule has 3 unspecified atom stereocenters. The molecular weight excluding hydrogens is 301 g/mol. The molecule has 130 valence electrons. The fourth-order valence-electron chi connectivity index (χ4n) is 3.74. The lowest BCUT2D eigenvalue weighted by Gasteiger charge is -2.26. The monoisotopic (exact) mass is 329 g/mol. The van der Waals surface area contributed by atoms with Gasteiger partial charge in [-0.2, -0.15) is 5.10 Å². The first-order chi connectivity index (χ1) is 11.5. The van der Waals surface area contributed by atoms with Crippen LogP contribution in [-0.2, 0) is 0 Å². The Morgan fingerprint density at radius 1 is 1.46 bits per heavy atom. The van der Waals surface area contributed by atoms with Gasteiger partial charge in [0.2, 0.25) is 0 Å². The predicted octanol–water partition coefficient (Wildman–Crippen LogP) is 4.68. The van der Waals surface area contributed by atoms with Crippen molar-refractivity contribution in [3.63, 3.8) is 0 Å². The highest BCUT2D eigenvalue weighted by Crippen LogP contribution is 2.54. The lowest BCUT2D eigenvalue weighted by molar-refractivity contribution is 0.274. The third-order valence-corrected chi connectivity index (χ3v) is 5.76. The molecule has 0 spiro atoms. The quantitative estimate of drug-likeness (QED) is 0.531. The van der Waals surface area contributed by atoms with Crippen LogP contribution in [0.15, 0.2) is 46.0 Å². The van der Waals surface area contributed by atoms with E-state index in [2.05, 4.69) is 55.5 Å². The van der Waals surface area contributed by atoms with Crippen LogP contribution in [-0.4, -0.2) is 36.3 Å². The van der Waals surface area contributed by atoms with Gasteiger partial charge in [-0.1, -0.05) is 38.7 Å². The molecule has 2 aliphatic carbocycles. The summed E-state index contributed by atoms with van der Waals surface area (Å²) in [5.41, 5.74) is 2.27. The van der Waals surface area contributed by atoms with Crippen molar-refractivity contribution in [2.75, 3.05) is 6.54 Å². The first-order valence-electron chi connectivity index (χ1n) is 9.03. The summed E-state index contributed by atoms with van der Waals surface area (Å²) in [6.07, 6.45) is 10.5. The number of hydrazone groups is 1. The van der Waals surface area contributed by atoms with Crippen LogP contribution in [0.4, 0.5) is 4.39 Å². The maximum Gasteiger partial charge on any atom is 0.174 e. The number of allylic oxidation sites excluding steroid dienone is 2. The van der Waals surface area contributed by atoms with E-state index in [1.807, 2.05) is 5.01 Å². The second-order valence-corrected chi connectivity index (χ2v) is 7.44. The first-order valence-corrected chi connectivity index (χ1v) is 9.03. The zero-order valence-electron chi connectivity index (χ0n) is 14.8. The summed E-state index contributed by atoms with van der Waals surface area (Å²) < 4.78 is 14.1. The average molecular weight is 329 g/mol. The van der Waals surface area contributed by atoms with E-state index >= 15 is 0 Å². The van der Waals surface area contributed by atoms with E-state index in [0.29, 0.717) is 24.7 Å². The summed E-state index contributed by atoms with van der Waals surface area (Å²) in [6.45, 7) is 12.6. The minimum Gasteiger partial charge on any atom is -0.284 e. The highest BCUT2D eigenvalue weighted by Gasteiger charge is 2.45. The van der Waals surface area contributed by atoms with Gasteiger partial charge in [0, 0.05) is 6.42 Å². The molecule has 1 saturated heterocycles. The topological polar surface area (TPSA) is 28.0 Å². The molecule has 0 bridgehead atoms. The number of halogens is 1. The molecular formula is C20H28FN3. The first kappa shape index (κ1) is 17.1. The second-order valence-electron chi connectivity index (χ2n) is 7.44. The van der Waals surface area contributed by atoms with Gasteiger partial charge in [0.15, 0.2) is 5.84 Å². The van der Waals surface area contributed by atoms with Crippen LogP contribution in [0.1, 0.15) is 46.0 Å². The van der Waals surface area contributed by atoms with Crippen LogP contribution in [0.5, 0.6) is 0 Å². The summed E-state index contributed by atoms with van der Waals surface area (Å²) in [4.78, 5) is 4.12. The van der Waals surface area contributed by atoms with Crippen molar-refractivity contribution in [1.82, 2.24) is 5.01 Å². The number of amidine groups is 1. The van der Waals surface area contributed by atoms with Crippen LogP contribution in [0.25, 0.3) is 0 Å². The lowest BCUT2D eigenvalue weighted by Crippen LogP contribution is -2.28. The molecule has 24 heavy (non-hydrogen) atoms. The average Bonchev–Trinajstić information content (AvgIpc) is 3.30. The molecule has 0 aromatic heterocycles. The molecule has 0 N–H and O–H groups in total. The van der Waals surface area contributed by atoms with Crippen LogP contribution in [0, 0.1) is 11.3 Å². The van der Waals surface area contributed by atoms with Gasteiger partial charge in [-0.15, -0.1) is 0 Å². The van der Waals surface area contributed by atoms with Gasteiger partial charge in [0.25, 0.3) is 0 Å². The summed E-state index contributed by atoms with van der Waals surface area (Å²) in [5.74, 6) is 1.14. The molecule has 1 aliphatic heterocycles. The van der Waals surface area contributed by atoms with E-state index in [9.17, 15) is 4.39 Å². The summed E-state index contributed by atoms with van der Waals surface area (Å²) in [6, 6.07) is -0.00919. The fourth-order valence-corrected chi connectivity index (χ4v) is 3.74. The zero-order valence-corrected chi connectivity index (χ0v) is 14.8. The van der Waals surface area contributed by atoms with E-state index in [1.54, 1.807) is 0 Å². The molecule has 0 aromatic carbocycles. The number of alkyl halides is 1. The van der Waals surface area contributed by atoms with Crippen LogP contribution in [0.2, 0.25) is 0 Å². The van der Waals surface area contributed by atoms with E-state index in [0.717, 1.165) is 31.3 Å². The Morgan fingerprint density at radius 3 is 2.75 bits per heavy atom. The Labute approximate surface area is 144 Å². The minimum atomic E-state index is -0.854. The Hall–Kier alpha value is -1.71. The molecule has 3 atom stereocenters. The van der Waals surface area contributed by atoms with Crippen LogP contribution < -0.4 is 0 Å². The lowest BCUT2D eigenvalue weighted by atomic mass is 9.93. The standard InChI is InChI=1S/C20H28FN3/c1-5-20(10-11-20)15(3)19(22-4)23-24-13-17(21)12-18(24)16-8-6-14(2)7-9-16/h6,8-9,14,17-18H,3-5,7,10-13H2,1-2H3/b23-19-. The molecule has 4 heteroatoms. The highest BCUT2D eigenvalue weighted by molar-refractivity contribution is 6.01. The van der Waals surface area contributed by atoms with Crippen molar-refractivity contribution >= 4 is 12.6 Å². The SMILES string of the molecule is C=N/C(=N\N1CC(F)CC1C1=CCC(C)C=C1)C(=C)C1(CC)CC1. The molecule has 3 aliphatic rings. The number of nitrogens with zero attached hydrogens (tertiary/aromatic N) is 3. The number of hydrogen-bond donors (Lipinski definition) is 0. The van der Waals surface area contributed by atoms with Gasteiger partial charge in [0.1, 0.15) is 6.17 Å². The summed E-state index contributed by atoms with van der Waals surface area (Å²) in [7, 11) is 0. The van der Waals surface area contributed by atoms with Crippen molar-refractivity contribution in [2.24, 2.45) is 21.4 Å². The maximum absolute atomic E-state index is 14.1. The van der Waals surface area contributed by atoms with Crippen molar-refractivity contribution in [2.45, 2.75) is 58.2 Å². The largest absolute Gasteiger partial charge is 0.284 e. The smallest absolute Gasteiger partial charge is 0.174 e. The third-order valence-electron chi connectivity index (χ3n) is 5.76. The summed E-state index contributed by atoms with van der Waals surface area (Å²) >= 11 is 0. The molecule has 3 nitrogen and oxygen atoms in total. The molecule has 0 aromatic rings. The van der Waals surface area contributed by atoms with Gasteiger partial charge in [-0.05, 0) is 54.9 Å². The Balaban J connectivity index is 1.81. The number of rotatable bonds is 5.